The number of nitrogens with zero attached hydrogens (tertiary/aromatic N) is 3. The van der Waals surface area contributed by atoms with E-state index in [4.69, 9.17) is 26.1 Å². The van der Waals surface area contributed by atoms with Crippen molar-refractivity contribution in [1.29, 1.82) is 0 Å². The first-order valence-corrected chi connectivity index (χ1v) is 14.5. The van der Waals surface area contributed by atoms with Gasteiger partial charge in [-0.3, -0.25) is 14.2 Å². The summed E-state index contributed by atoms with van der Waals surface area (Å²) in [5, 5.41) is 6.32. The lowest BCUT2D eigenvalue weighted by molar-refractivity contribution is 0.0735. The van der Waals surface area contributed by atoms with Crippen LogP contribution in [0.15, 0.2) is 64.3 Å². The summed E-state index contributed by atoms with van der Waals surface area (Å²) in [5.41, 5.74) is 3.77. The maximum Gasteiger partial charge on any atom is 0.266 e. The van der Waals surface area contributed by atoms with Gasteiger partial charge in [0, 0.05) is 42.1 Å². The molecule has 2 aromatic heterocycles. The smallest absolute Gasteiger partial charge is 0.266 e. The largest absolute Gasteiger partial charge is 0.494 e. The number of benzene rings is 2. The molecule has 1 amide bonds. The third-order valence-corrected chi connectivity index (χ3v) is 7.93. The molecule has 1 aliphatic heterocycles. The third-order valence-electron chi connectivity index (χ3n) is 6.80. The standard InChI is InChI=1S/C31H31ClN4O4S/c1-19(2)16-25-22(30(37)35-14-12-33-13-15-35)17-23(29-34-24(18-41-29)20-8-10-21(32)11-9-20)31(38)36(25)28-26(39-3)6-5-7-27(28)40-4/h5-11,16-18,33H,12-15H2,1-4H3. The van der Waals surface area contributed by atoms with Crippen molar-refractivity contribution < 1.29 is 14.3 Å². The first-order chi connectivity index (χ1) is 19.8. The minimum absolute atomic E-state index is 0.155. The minimum atomic E-state index is -0.339. The summed E-state index contributed by atoms with van der Waals surface area (Å²) in [7, 11) is 3.08. The highest BCUT2D eigenvalue weighted by atomic mass is 35.5. The number of hydrogen-bond donors (Lipinski definition) is 1. The summed E-state index contributed by atoms with van der Waals surface area (Å²) in [6.45, 7) is 6.40. The fourth-order valence-electron chi connectivity index (χ4n) is 4.83. The monoisotopic (exact) mass is 590 g/mol. The molecule has 0 saturated carbocycles. The molecule has 1 fully saturated rings. The van der Waals surface area contributed by atoms with Crippen molar-refractivity contribution in [3.8, 4) is 39.0 Å². The van der Waals surface area contributed by atoms with Crippen LogP contribution in [0.4, 0.5) is 0 Å². The molecule has 1 aliphatic rings. The van der Waals surface area contributed by atoms with Gasteiger partial charge in [0.2, 0.25) is 0 Å². The number of para-hydroxylation sites is 1. The Labute approximate surface area is 247 Å². The molecule has 0 radical (unpaired) electrons. The first-order valence-electron chi connectivity index (χ1n) is 13.2. The molecule has 1 saturated heterocycles. The average molecular weight is 591 g/mol. The van der Waals surface area contributed by atoms with Crippen LogP contribution in [0, 0.1) is 0 Å². The number of carbonyl (C=O) groups excluding carboxylic acids is 1. The fraction of sp³-hybridized carbons (Fsp3) is 0.258. The number of pyridine rings is 1. The quantitative estimate of drug-likeness (QED) is 0.294. The Morgan fingerprint density at radius 2 is 1.71 bits per heavy atom. The van der Waals surface area contributed by atoms with Crippen molar-refractivity contribution in [3.05, 3.63) is 86.1 Å². The Kier molecular flexibility index (Phi) is 8.58. The second-order valence-corrected chi connectivity index (χ2v) is 11.1. The molecule has 8 nitrogen and oxygen atoms in total. The van der Waals surface area contributed by atoms with Crippen LogP contribution in [0.5, 0.6) is 11.5 Å². The molecule has 0 aliphatic carbocycles. The molecule has 0 unspecified atom stereocenters. The van der Waals surface area contributed by atoms with Gasteiger partial charge in [0.15, 0.2) is 0 Å². The van der Waals surface area contributed by atoms with Crippen molar-refractivity contribution in [2.24, 2.45) is 0 Å². The molecule has 212 valence electrons. The predicted octanol–water partition coefficient (Wildman–Crippen LogP) is 5.77. The molecule has 3 heterocycles. The normalized spacial score (nSPS) is 13.1. The molecule has 2 aromatic carbocycles. The van der Waals surface area contributed by atoms with Crippen LogP contribution in [-0.4, -0.2) is 60.8 Å². The zero-order valence-corrected chi connectivity index (χ0v) is 24.9. The van der Waals surface area contributed by atoms with Gasteiger partial charge in [0.1, 0.15) is 22.2 Å². The number of halogens is 1. The average Bonchev–Trinajstić information content (AvgIpc) is 3.47. The third kappa shape index (κ3) is 5.79. The molecule has 0 bridgehead atoms. The van der Waals surface area contributed by atoms with Gasteiger partial charge in [-0.1, -0.05) is 35.4 Å². The summed E-state index contributed by atoms with van der Waals surface area (Å²) < 4.78 is 12.9. The molecule has 1 N–H and O–H groups in total. The van der Waals surface area contributed by atoms with Crippen molar-refractivity contribution in [3.63, 3.8) is 0 Å². The molecule has 0 spiro atoms. The maximum absolute atomic E-state index is 14.5. The van der Waals surface area contributed by atoms with Crippen molar-refractivity contribution >= 4 is 34.9 Å². The van der Waals surface area contributed by atoms with E-state index in [2.05, 4.69) is 5.32 Å². The van der Waals surface area contributed by atoms with Gasteiger partial charge in [0.25, 0.3) is 11.5 Å². The number of thiazole rings is 1. The van der Waals surface area contributed by atoms with Crippen LogP contribution in [0.2, 0.25) is 5.02 Å². The Bertz CT molecular complexity index is 1640. The molecule has 41 heavy (non-hydrogen) atoms. The summed E-state index contributed by atoms with van der Waals surface area (Å²) >= 11 is 7.43. The highest BCUT2D eigenvalue weighted by Gasteiger charge is 2.28. The fourth-order valence-corrected chi connectivity index (χ4v) is 5.80. The lowest BCUT2D eigenvalue weighted by atomic mass is 10.0. The summed E-state index contributed by atoms with van der Waals surface area (Å²) in [4.78, 5) is 35.2. The number of allylic oxidation sites excluding steroid dienone is 1. The second kappa shape index (κ2) is 12.3. The Morgan fingerprint density at radius 3 is 2.32 bits per heavy atom. The number of piperazine rings is 1. The van der Waals surface area contributed by atoms with Crippen molar-refractivity contribution in [2.75, 3.05) is 40.4 Å². The summed E-state index contributed by atoms with van der Waals surface area (Å²) in [6, 6.07) is 14.4. The van der Waals surface area contributed by atoms with E-state index in [1.807, 2.05) is 42.3 Å². The zero-order chi connectivity index (χ0) is 29.1. The van der Waals surface area contributed by atoms with E-state index in [-0.39, 0.29) is 11.5 Å². The van der Waals surface area contributed by atoms with Crippen LogP contribution in [-0.2, 0) is 0 Å². The van der Waals surface area contributed by atoms with E-state index in [0.29, 0.717) is 75.9 Å². The molecular weight excluding hydrogens is 560 g/mol. The maximum atomic E-state index is 14.5. The van der Waals surface area contributed by atoms with Crippen LogP contribution >= 0.6 is 22.9 Å². The highest BCUT2D eigenvalue weighted by Crippen LogP contribution is 2.36. The number of ether oxygens (including phenoxy) is 2. The predicted molar refractivity (Wildman–Crippen MR) is 165 cm³/mol. The molecule has 10 heteroatoms. The Morgan fingerprint density at radius 1 is 1.05 bits per heavy atom. The van der Waals surface area contributed by atoms with Gasteiger partial charge in [0.05, 0.1) is 36.7 Å². The van der Waals surface area contributed by atoms with E-state index in [0.717, 1.165) is 11.1 Å². The lowest BCUT2D eigenvalue weighted by Gasteiger charge is -2.29. The second-order valence-electron chi connectivity index (χ2n) is 9.82. The number of amides is 1. The van der Waals surface area contributed by atoms with Gasteiger partial charge in [-0.2, -0.15) is 0 Å². The number of methoxy groups -OCH3 is 2. The number of aromatic nitrogens is 2. The zero-order valence-electron chi connectivity index (χ0n) is 23.4. The van der Waals surface area contributed by atoms with E-state index in [9.17, 15) is 9.59 Å². The van der Waals surface area contributed by atoms with E-state index >= 15 is 0 Å². The van der Waals surface area contributed by atoms with Crippen LogP contribution in [0.1, 0.15) is 29.9 Å². The summed E-state index contributed by atoms with van der Waals surface area (Å²) in [5.74, 6) is 0.722. The SMILES string of the molecule is COc1cccc(OC)c1-n1c(C=C(C)C)c(C(=O)N2CCNCC2)cc(-c2nc(-c3ccc(Cl)cc3)cs2)c1=O. The van der Waals surface area contributed by atoms with Gasteiger partial charge in [-0.05, 0) is 50.3 Å². The molecule has 4 aromatic rings. The van der Waals surface area contributed by atoms with Crippen LogP contribution < -0.4 is 20.3 Å². The number of rotatable bonds is 7. The van der Waals surface area contributed by atoms with Crippen molar-refractivity contribution in [2.45, 2.75) is 13.8 Å². The van der Waals surface area contributed by atoms with E-state index < -0.39 is 0 Å². The minimum Gasteiger partial charge on any atom is -0.494 e. The van der Waals surface area contributed by atoms with E-state index in [1.54, 1.807) is 50.6 Å². The number of hydrogen-bond acceptors (Lipinski definition) is 7. The molecule has 5 rings (SSSR count). The number of carbonyl (C=O) groups is 1. The van der Waals surface area contributed by atoms with Gasteiger partial charge < -0.3 is 19.7 Å². The summed E-state index contributed by atoms with van der Waals surface area (Å²) in [6.07, 6.45) is 1.85. The molecule has 0 atom stereocenters. The topological polar surface area (TPSA) is 85.7 Å². The number of nitrogens with one attached hydrogen (secondary N) is 1. The first kappa shape index (κ1) is 28.6. The Hall–Kier alpha value is -3.92. The van der Waals surface area contributed by atoms with E-state index in [1.165, 1.54) is 15.9 Å². The highest BCUT2D eigenvalue weighted by molar-refractivity contribution is 7.13. The van der Waals surface area contributed by atoms with Crippen molar-refractivity contribution in [1.82, 2.24) is 19.8 Å². The van der Waals surface area contributed by atoms with Gasteiger partial charge in [-0.25, -0.2) is 4.98 Å². The van der Waals surface area contributed by atoms with Gasteiger partial charge in [-0.15, -0.1) is 11.3 Å². The van der Waals surface area contributed by atoms with Gasteiger partial charge >= 0.3 is 0 Å². The molecular formula is C31H31ClN4O4S. The Balaban J connectivity index is 1.82. The van der Waals surface area contributed by atoms with Crippen LogP contribution in [0.25, 0.3) is 33.6 Å². The lowest BCUT2D eigenvalue weighted by Crippen LogP contribution is -2.47. The van der Waals surface area contributed by atoms with Crippen LogP contribution in [0.3, 0.4) is 0 Å².